The maximum absolute atomic E-state index is 12.4. The molecule has 0 aromatic heterocycles. The van der Waals surface area contributed by atoms with Crippen LogP contribution < -0.4 is 0 Å². The highest BCUT2D eigenvalue weighted by atomic mass is 16.3. The van der Waals surface area contributed by atoms with Crippen molar-refractivity contribution in [3.63, 3.8) is 0 Å². The van der Waals surface area contributed by atoms with E-state index >= 15 is 0 Å². The first-order valence-electron chi connectivity index (χ1n) is 7.27. The van der Waals surface area contributed by atoms with E-state index in [1.54, 1.807) is 42.5 Å². The number of aromatic hydroxyl groups is 1. The normalized spacial score (nSPS) is 12.7. The number of hydrogen-bond donors (Lipinski definition) is 1. The van der Waals surface area contributed by atoms with Crippen molar-refractivity contribution in [2.75, 3.05) is 0 Å². The summed E-state index contributed by atoms with van der Waals surface area (Å²) < 4.78 is 0. The van der Waals surface area contributed by atoms with Crippen LogP contribution in [-0.4, -0.2) is 16.7 Å². The molecule has 0 fully saturated rings. The lowest BCUT2D eigenvalue weighted by molar-refractivity contribution is 0.0815. The summed E-state index contributed by atoms with van der Waals surface area (Å²) in [5.74, 6) is -0.748. The molecule has 3 aromatic carbocycles. The van der Waals surface area contributed by atoms with Crippen molar-refractivity contribution in [1.82, 2.24) is 0 Å². The summed E-state index contributed by atoms with van der Waals surface area (Å²) in [6, 6.07) is 19.5. The molecule has 1 aliphatic carbocycles. The summed E-state index contributed by atoms with van der Waals surface area (Å²) in [5, 5.41) is 9.38. The van der Waals surface area contributed by atoms with Crippen molar-refractivity contribution in [1.29, 1.82) is 0 Å². The Balaban J connectivity index is 1.92. The first kappa shape index (κ1) is 13.5. The molecule has 0 saturated heterocycles. The van der Waals surface area contributed by atoms with E-state index in [2.05, 4.69) is 0 Å². The zero-order chi connectivity index (χ0) is 16.0. The smallest absolute Gasteiger partial charge is 0.234 e. The molecule has 23 heavy (non-hydrogen) atoms. The summed E-state index contributed by atoms with van der Waals surface area (Å²) in [5.41, 5.74) is 4.19. The highest BCUT2D eigenvalue weighted by Crippen LogP contribution is 2.35. The van der Waals surface area contributed by atoms with Crippen LogP contribution >= 0.6 is 0 Å². The van der Waals surface area contributed by atoms with E-state index in [-0.39, 0.29) is 5.75 Å². The van der Waals surface area contributed by atoms with Crippen LogP contribution in [0.4, 0.5) is 0 Å². The van der Waals surface area contributed by atoms with Gasteiger partial charge >= 0.3 is 0 Å². The van der Waals surface area contributed by atoms with Gasteiger partial charge in [0, 0.05) is 11.1 Å². The van der Waals surface area contributed by atoms with Gasteiger partial charge in [0.25, 0.3) is 0 Å². The number of phenols is 1. The van der Waals surface area contributed by atoms with Crippen molar-refractivity contribution in [2.45, 2.75) is 0 Å². The third-order valence-corrected chi connectivity index (χ3v) is 4.13. The number of rotatable bonds is 1. The summed E-state index contributed by atoms with van der Waals surface area (Å²) >= 11 is 0. The van der Waals surface area contributed by atoms with Crippen LogP contribution in [0, 0.1) is 0 Å². The maximum atomic E-state index is 12.4. The number of carbonyl (C=O) groups excluding carboxylic acids is 2. The molecule has 0 unspecified atom stereocenters. The molecule has 0 aliphatic heterocycles. The Bertz CT molecular complexity index is 953. The molecular formula is C20H12O3. The molecule has 0 spiro atoms. The third-order valence-electron chi connectivity index (χ3n) is 4.13. The van der Waals surface area contributed by atoms with Crippen LogP contribution in [0.2, 0.25) is 0 Å². The molecule has 0 saturated carbocycles. The fourth-order valence-electron chi connectivity index (χ4n) is 2.96. The van der Waals surface area contributed by atoms with Crippen molar-refractivity contribution in [2.24, 2.45) is 0 Å². The Hall–Kier alpha value is -3.20. The van der Waals surface area contributed by atoms with Gasteiger partial charge in [0.05, 0.1) is 0 Å². The summed E-state index contributed by atoms with van der Waals surface area (Å²) in [7, 11) is 0. The number of phenolic OH excluding ortho intramolecular Hbond substituents is 1. The quantitative estimate of drug-likeness (QED) is 0.688. The van der Waals surface area contributed by atoms with E-state index in [0.717, 1.165) is 22.3 Å². The molecule has 110 valence electrons. The lowest BCUT2D eigenvalue weighted by atomic mass is 9.82. The lowest BCUT2D eigenvalue weighted by Crippen LogP contribution is -2.21. The molecule has 0 radical (unpaired) electrons. The predicted octanol–water partition coefficient (Wildman–Crippen LogP) is 4.11. The molecule has 1 N–H and O–H groups in total. The minimum absolute atomic E-state index is 0.187. The number of benzene rings is 3. The third kappa shape index (κ3) is 2.06. The van der Waals surface area contributed by atoms with Gasteiger partial charge in [-0.2, -0.15) is 0 Å². The first-order valence-corrected chi connectivity index (χ1v) is 7.27. The van der Waals surface area contributed by atoms with E-state index < -0.39 is 11.6 Å². The van der Waals surface area contributed by atoms with Crippen molar-refractivity contribution in [3.05, 3.63) is 77.9 Å². The number of ketones is 2. The number of carbonyl (C=O) groups is 2. The first-order chi connectivity index (χ1) is 11.1. The van der Waals surface area contributed by atoms with Gasteiger partial charge in [-0.25, -0.2) is 0 Å². The highest BCUT2D eigenvalue weighted by molar-refractivity contribution is 6.53. The molecule has 3 nitrogen and oxygen atoms in total. The van der Waals surface area contributed by atoms with Crippen LogP contribution in [0.1, 0.15) is 20.7 Å². The Labute approximate surface area is 132 Å². The maximum Gasteiger partial charge on any atom is 0.234 e. The topological polar surface area (TPSA) is 54.4 Å². The number of Topliss-reactive ketones (excluding diaryl/α,β-unsaturated/α-hetero) is 2. The Morgan fingerprint density at radius 2 is 1.13 bits per heavy atom. The van der Waals surface area contributed by atoms with E-state index in [1.165, 1.54) is 0 Å². The minimum atomic E-state index is -0.473. The van der Waals surface area contributed by atoms with Crippen LogP contribution in [0.3, 0.4) is 0 Å². The standard InChI is InChI=1S/C20H12O3/c21-14-8-5-12(6-9-14)13-7-10-16-15-3-1-2-4-17(15)19(22)20(23)18(16)11-13/h1-11,21H. The molecule has 0 heterocycles. The molecule has 0 atom stereocenters. The second-order valence-electron chi connectivity index (χ2n) is 5.51. The molecule has 3 heteroatoms. The minimum Gasteiger partial charge on any atom is -0.508 e. The summed E-state index contributed by atoms with van der Waals surface area (Å²) in [6.07, 6.45) is 0. The monoisotopic (exact) mass is 300 g/mol. The molecule has 0 amide bonds. The Morgan fingerprint density at radius 1 is 0.565 bits per heavy atom. The molecule has 0 bridgehead atoms. The van der Waals surface area contributed by atoms with Gasteiger partial charge in [0.15, 0.2) is 0 Å². The van der Waals surface area contributed by atoms with Crippen LogP contribution in [0.5, 0.6) is 5.75 Å². The Kier molecular flexibility index (Phi) is 2.88. The number of hydrogen-bond acceptors (Lipinski definition) is 3. The van der Waals surface area contributed by atoms with Gasteiger partial charge in [-0.1, -0.05) is 48.5 Å². The van der Waals surface area contributed by atoms with E-state index in [9.17, 15) is 14.7 Å². The van der Waals surface area contributed by atoms with Crippen LogP contribution in [0.15, 0.2) is 66.7 Å². The Morgan fingerprint density at radius 3 is 1.87 bits per heavy atom. The SMILES string of the molecule is O=C1C(=O)c2cc(-c3ccc(O)cc3)ccc2-c2ccccc21. The molecule has 3 aromatic rings. The second-order valence-corrected chi connectivity index (χ2v) is 5.51. The highest BCUT2D eigenvalue weighted by Gasteiger charge is 2.30. The zero-order valence-electron chi connectivity index (χ0n) is 12.1. The van der Waals surface area contributed by atoms with Gasteiger partial charge in [0.2, 0.25) is 11.6 Å². The van der Waals surface area contributed by atoms with Gasteiger partial charge in [-0.05, 0) is 40.5 Å². The van der Waals surface area contributed by atoms with Crippen molar-refractivity contribution < 1.29 is 14.7 Å². The van der Waals surface area contributed by atoms with Gasteiger partial charge in [0.1, 0.15) is 5.75 Å². The zero-order valence-corrected chi connectivity index (χ0v) is 12.1. The van der Waals surface area contributed by atoms with E-state index in [4.69, 9.17) is 0 Å². The van der Waals surface area contributed by atoms with E-state index in [0.29, 0.717) is 11.1 Å². The molecule has 4 rings (SSSR count). The fraction of sp³-hybridized carbons (Fsp3) is 0. The summed E-state index contributed by atoms with van der Waals surface area (Å²) in [6.45, 7) is 0. The van der Waals surface area contributed by atoms with E-state index in [1.807, 2.05) is 24.3 Å². The van der Waals surface area contributed by atoms with Gasteiger partial charge < -0.3 is 5.11 Å². The molecular weight excluding hydrogens is 288 g/mol. The van der Waals surface area contributed by atoms with Gasteiger partial charge in [-0.15, -0.1) is 0 Å². The molecule has 1 aliphatic rings. The average Bonchev–Trinajstić information content (AvgIpc) is 2.60. The van der Waals surface area contributed by atoms with Crippen LogP contribution in [0.25, 0.3) is 22.3 Å². The fourth-order valence-corrected chi connectivity index (χ4v) is 2.96. The van der Waals surface area contributed by atoms with Crippen molar-refractivity contribution >= 4 is 11.6 Å². The summed E-state index contributed by atoms with van der Waals surface area (Å²) in [4.78, 5) is 24.7. The average molecular weight is 300 g/mol. The predicted molar refractivity (Wildman–Crippen MR) is 87.6 cm³/mol. The van der Waals surface area contributed by atoms with Crippen molar-refractivity contribution in [3.8, 4) is 28.0 Å². The van der Waals surface area contributed by atoms with Gasteiger partial charge in [-0.3, -0.25) is 9.59 Å². The van der Waals surface area contributed by atoms with Crippen LogP contribution in [-0.2, 0) is 0 Å². The number of fused-ring (bicyclic) bond motifs is 3. The lowest BCUT2D eigenvalue weighted by Gasteiger charge is -2.18. The second kappa shape index (κ2) is 4.92. The largest absolute Gasteiger partial charge is 0.508 e.